The lowest BCUT2D eigenvalue weighted by molar-refractivity contribution is 0.398. The number of allylic oxidation sites excluding steroid dienone is 1. The Kier molecular flexibility index (Phi) is 4.84. The van der Waals surface area contributed by atoms with Crippen LogP contribution < -0.4 is 4.74 Å². The third-order valence-electron chi connectivity index (χ3n) is 5.38. The summed E-state index contributed by atoms with van der Waals surface area (Å²) >= 11 is 0. The van der Waals surface area contributed by atoms with Crippen LogP contribution in [0.1, 0.15) is 39.7 Å². The van der Waals surface area contributed by atoms with E-state index >= 15 is 0 Å². The predicted octanol–water partition coefficient (Wildman–Crippen LogP) is 4.52. The SMILES string of the molecule is COc1cc2nc(/C(C#N)=C/c3cc(C)n(-c4oc(C)c(C)c4C#N)c3C)[nH]c2cn1. The lowest BCUT2D eigenvalue weighted by Crippen LogP contribution is -2.00. The third-order valence-corrected chi connectivity index (χ3v) is 5.38. The molecule has 0 saturated carbocycles. The smallest absolute Gasteiger partial charge is 0.222 e. The Bertz CT molecular complexity index is 1440. The van der Waals surface area contributed by atoms with Crippen molar-refractivity contribution in [3.8, 4) is 23.9 Å². The van der Waals surface area contributed by atoms with Crippen molar-refractivity contribution in [1.29, 1.82) is 10.5 Å². The van der Waals surface area contributed by atoms with E-state index in [2.05, 4.69) is 27.1 Å². The molecule has 0 saturated heterocycles. The van der Waals surface area contributed by atoms with Crippen molar-refractivity contribution < 1.29 is 9.15 Å². The summed E-state index contributed by atoms with van der Waals surface area (Å²) < 4.78 is 12.9. The normalized spacial score (nSPS) is 11.5. The number of aromatic nitrogens is 4. The number of pyridine rings is 1. The minimum absolute atomic E-state index is 0.378. The number of imidazole rings is 1. The number of nitrogens with one attached hydrogen (secondary N) is 1. The van der Waals surface area contributed by atoms with E-state index in [0.29, 0.717) is 45.5 Å². The molecule has 4 heterocycles. The number of nitrogens with zero attached hydrogens (tertiary/aromatic N) is 5. The Morgan fingerprint density at radius 1 is 1.23 bits per heavy atom. The van der Waals surface area contributed by atoms with Gasteiger partial charge in [-0.1, -0.05) is 0 Å². The van der Waals surface area contributed by atoms with Crippen molar-refractivity contribution >= 4 is 22.7 Å². The molecule has 0 spiro atoms. The van der Waals surface area contributed by atoms with Crippen molar-refractivity contribution in [2.75, 3.05) is 7.11 Å². The molecule has 0 fully saturated rings. The van der Waals surface area contributed by atoms with E-state index in [9.17, 15) is 10.5 Å². The summed E-state index contributed by atoms with van der Waals surface area (Å²) in [4.78, 5) is 11.8. The van der Waals surface area contributed by atoms with E-state index in [1.807, 2.05) is 38.3 Å². The standard InChI is InChI=1S/C23H20N6O2/c1-12-6-16(14(3)29(12)23-18(10-25)13(2)15(4)31-23)7-17(9-24)22-27-19-8-21(30-5)26-11-20(19)28-22/h6-8,11H,1-5H3,(H,27,28)/b17-7+. The number of H-pyrrole nitrogens is 1. The maximum Gasteiger partial charge on any atom is 0.222 e. The van der Waals surface area contributed by atoms with E-state index in [1.54, 1.807) is 18.3 Å². The first kappa shape index (κ1) is 20.0. The zero-order valence-corrected chi connectivity index (χ0v) is 17.9. The first-order valence-corrected chi connectivity index (χ1v) is 9.59. The summed E-state index contributed by atoms with van der Waals surface area (Å²) in [6.07, 6.45) is 3.40. The molecule has 0 aliphatic rings. The monoisotopic (exact) mass is 412 g/mol. The van der Waals surface area contributed by atoms with Gasteiger partial charge in [-0.05, 0) is 45.4 Å². The zero-order valence-electron chi connectivity index (χ0n) is 17.9. The topological polar surface area (TPSA) is 116 Å². The molecular formula is C23H20N6O2. The number of methoxy groups -OCH3 is 1. The number of fused-ring (bicyclic) bond motifs is 1. The van der Waals surface area contributed by atoms with Crippen molar-refractivity contribution in [2.45, 2.75) is 27.7 Å². The number of aryl methyl sites for hydroxylation is 2. The molecule has 4 aromatic rings. The van der Waals surface area contributed by atoms with E-state index in [1.165, 1.54) is 7.11 Å². The Morgan fingerprint density at radius 2 is 2.00 bits per heavy atom. The maximum absolute atomic E-state index is 9.79. The molecule has 0 aromatic carbocycles. The fraction of sp³-hybridized carbons (Fsp3) is 0.217. The molecular weight excluding hydrogens is 392 g/mol. The first-order chi connectivity index (χ1) is 14.9. The Labute approximate surface area is 179 Å². The van der Waals surface area contributed by atoms with Crippen molar-refractivity contribution in [2.24, 2.45) is 0 Å². The number of furan rings is 1. The van der Waals surface area contributed by atoms with Gasteiger partial charge in [0.25, 0.3) is 0 Å². The minimum Gasteiger partial charge on any atom is -0.481 e. The molecule has 4 aromatic heterocycles. The van der Waals surface area contributed by atoms with Crippen molar-refractivity contribution in [3.05, 3.63) is 58.0 Å². The summed E-state index contributed by atoms with van der Waals surface area (Å²) in [7, 11) is 1.54. The molecule has 0 bridgehead atoms. The van der Waals surface area contributed by atoms with Crippen LogP contribution >= 0.6 is 0 Å². The highest BCUT2D eigenvalue weighted by atomic mass is 16.5. The van der Waals surface area contributed by atoms with Crippen LogP contribution in [0.2, 0.25) is 0 Å². The molecule has 8 nitrogen and oxygen atoms in total. The van der Waals surface area contributed by atoms with Gasteiger partial charge < -0.3 is 14.1 Å². The van der Waals surface area contributed by atoms with Gasteiger partial charge in [0.05, 0.1) is 29.9 Å². The van der Waals surface area contributed by atoms with E-state index in [4.69, 9.17) is 9.15 Å². The summed E-state index contributed by atoms with van der Waals surface area (Å²) in [5, 5.41) is 19.4. The molecule has 0 radical (unpaired) electrons. The lowest BCUT2D eigenvalue weighted by atomic mass is 10.1. The Balaban J connectivity index is 1.82. The molecule has 0 atom stereocenters. The van der Waals surface area contributed by atoms with Crippen LogP contribution in [0.4, 0.5) is 0 Å². The van der Waals surface area contributed by atoms with Crippen LogP contribution in [-0.4, -0.2) is 26.6 Å². The summed E-state index contributed by atoms with van der Waals surface area (Å²) in [5.74, 6) is 2.10. The van der Waals surface area contributed by atoms with Gasteiger partial charge in [0.2, 0.25) is 11.8 Å². The maximum atomic E-state index is 9.79. The van der Waals surface area contributed by atoms with Crippen LogP contribution in [0.15, 0.2) is 22.7 Å². The van der Waals surface area contributed by atoms with Gasteiger partial charge >= 0.3 is 0 Å². The van der Waals surface area contributed by atoms with Crippen LogP contribution in [0.3, 0.4) is 0 Å². The first-order valence-electron chi connectivity index (χ1n) is 9.59. The quantitative estimate of drug-likeness (QED) is 0.493. The average molecular weight is 412 g/mol. The Morgan fingerprint density at radius 3 is 2.68 bits per heavy atom. The molecule has 0 aliphatic carbocycles. The second-order valence-electron chi connectivity index (χ2n) is 7.24. The molecule has 0 aliphatic heterocycles. The molecule has 0 unspecified atom stereocenters. The number of nitriles is 2. The van der Waals surface area contributed by atoms with Crippen LogP contribution in [0, 0.1) is 50.4 Å². The van der Waals surface area contributed by atoms with Crippen LogP contribution in [-0.2, 0) is 0 Å². The number of hydrogen-bond donors (Lipinski definition) is 1. The average Bonchev–Trinajstić information content (AvgIpc) is 3.39. The van der Waals surface area contributed by atoms with Crippen molar-refractivity contribution in [3.63, 3.8) is 0 Å². The van der Waals surface area contributed by atoms with Gasteiger partial charge in [-0.3, -0.25) is 4.57 Å². The Hall–Kier alpha value is -4.30. The minimum atomic E-state index is 0.378. The van der Waals surface area contributed by atoms with Crippen molar-refractivity contribution in [1.82, 2.24) is 19.5 Å². The van der Waals surface area contributed by atoms with Gasteiger partial charge in [-0.25, -0.2) is 9.97 Å². The van der Waals surface area contributed by atoms with Gasteiger partial charge in [-0.2, -0.15) is 10.5 Å². The number of ether oxygens (including phenoxy) is 1. The largest absolute Gasteiger partial charge is 0.481 e. The molecule has 4 rings (SSSR count). The van der Waals surface area contributed by atoms with Gasteiger partial charge in [-0.15, -0.1) is 0 Å². The summed E-state index contributed by atoms with van der Waals surface area (Å²) in [6.45, 7) is 7.57. The lowest BCUT2D eigenvalue weighted by Gasteiger charge is -2.06. The van der Waals surface area contributed by atoms with Gasteiger partial charge in [0.1, 0.15) is 29.3 Å². The zero-order chi connectivity index (χ0) is 22.3. The molecule has 154 valence electrons. The van der Waals surface area contributed by atoms with Gasteiger partial charge in [0, 0.05) is 23.0 Å². The summed E-state index contributed by atoms with van der Waals surface area (Å²) in [6, 6.07) is 8.12. The number of hydrogen-bond acceptors (Lipinski definition) is 6. The second-order valence-corrected chi connectivity index (χ2v) is 7.24. The highest BCUT2D eigenvalue weighted by Gasteiger charge is 2.20. The number of aromatic amines is 1. The molecule has 1 N–H and O–H groups in total. The fourth-order valence-electron chi connectivity index (χ4n) is 3.58. The highest BCUT2D eigenvalue weighted by molar-refractivity contribution is 5.90. The third kappa shape index (κ3) is 3.24. The number of rotatable bonds is 4. The van der Waals surface area contributed by atoms with E-state index in [0.717, 1.165) is 22.5 Å². The van der Waals surface area contributed by atoms with E-state index in [-0.39, 0.29) is 0 Å². The highest BCUT2D eigenvalue weighted by Crippen LogP contribution is 2.30. The second kappa shape index (κ2) is 7.51. The molecule has 0 amide bonds. The van der Waals surface area contributed by atoms with E-state index < -0.39 is 0 Å². The fourth-order valence-corrected chi connectivity index (χ4v) is 3.58. The van der Waals surface area contributed by atoms with Gasteiger partial charge in [0.15, 0.2) is 0 Å². The van der Waals surface area contributed by atoms with Crippen LogP contribution in [0.25, 0.3) is 28.6 Å². The molecule has 31 heavy (non-hydrogen) atoms. The predicted molar refractivity (Wildman–Crippen MR) is 116 cm³/mol. The summed E-state index contributed by atoms with van der Waals surface area (Å²) in [5.41, 5.74) is 5.67. The van der Waals surface area contributed by atoms with Crippen LogP contribution in [0.5, 0.6) is 5.88 Å². The molecule has 8 heteroatoms.